The summed E-state index contributed by atoms with van der Waals surface area (Å²) in [5.74, 6) is -0.302. The van der Waals surface area contributed by atoms with Gasteiger partial charge in [-0.15, -0.1) is 5.10 Å². The maximum absolute atomic E-state index is 12.6. The molecule has 1 N–H and O–H groups in total. The third-order valence-electron chi connectivity index (χ3n) is 3.94. The van der Waals surface area contributed by atoms with Gasteiger partial charge in [-0.3, -0.25) is 4.79 Å². The summed E-state index contributed by atoms with van der Waals surface area (Å²) in [5, 5.41) is 11.4. The summed E-state index contributed by atoms with van der Waals surface area (Å²) in [4.78, 5) is 14.0. The number of alkyl halides is 2. The lowest BCUT2D eigenvalue weighted by atomic mass is 10.1. The second-order valence-corrected chi connectivity index (χ2v) is 5.90. The number of halogens is 2. The third kappa shape index (κ3) is 4.46. The minimum Gasteiger partial charge on any atom is -0.435 e. The van der Waals surface area contributed by atoms with Crippen LogP contribution in [0.3, 0.4) is 0 Å². The number of nitrogens with zero attached hydrogens (tertiary/aromatic N) is 3. The maximum atomic E-state index is 12.6. The molecule has 0 saturated carbocycles. The molecule has 6 nitrogen and oxygen atoms in total. The van der Waals surface area contributed by atoms with Crippen molar-refractivity contribution in [1.82, 2.24) is 20.3 Å². The SMILES string of the molecule is Cc1nn(-c2ccccc2)nc1C(=O)N[C@H](C)c1ccc(OC(F)F)cc1. The number of benzene rings is 2. The molecule has 0 saturated heterocycles. The van der Waals surface area contributed by atoms with Gasteiger partial charge in [-0.2, -0.15) is 18.7 Å². The normalized spacial score (nSPS) is 12.0. The van der Waals surface area contributed by atoms with Crippen LogP contribution in [0.25, 0.3) is 5.69 Å². The molecule has 0 fully saturated rings. The number of hydrogen-bond acceptors (Lipinski definition) is 4. The summed E-state index contributed by atoms with van der Waals surface area (Å²) in [5.41, 5.74) is 2.23. The lowest BCUT2D eigenvalue weighted by Gasteiger charge is -2.14. The third-order valence-corrected chi connectivity index (χ3v) is 3.94. The van der Waals surface area contributed by atoms with Crippen LogP contribution in [-0.2, 0) is 0 Å². The van der Waals surface area contributed by atoms with E-state index in [-0.39, 0.29) is 23.4 Å². The van der Waals surface area contributed by atoms with Crippen molar-refractivity contribution in [1.29, 1.82) is 0 Å². The molecule has 3 rings (SSSR count). The lowest BCUT2D eigenvalue weighted by Crippen LogP contribution is -2.27. The highest BCUT2D eigenvalue weighted by Crippen LogP contribution is 2.19. The van der Waals surface area contributed by atoms with Crippen molar-refractivity contribution >= 4 is 5.91 Å². The highest BCUT2D eigenvalue weighted by Gasteiger charge is 2.19. The molecule has 0 unspecified atom stereocenters. The predicted molar refractivity (Wildman–Crippen MR) is 95.1 cm³/mol. The summed E-state index contributed by atoms with van der Waals surface area (Å²) in [6, 6.07) is 15.0. The highest BCUT2D eigenvalue weighted by molar-refractivity contribution is 5.93. The van der Waals surface area contributed by atoms with Crippen LogP contribution in [0.2, 0.25) is 0 Å². The first-order valence-corrected chi connectivity index (χ1v) is 8.29. The number of aryl methyl sites for hydroxylation is 1. The van der Waals surface area contributed by atoms with Gasteiger partial charge in [0.1, 0.15) is 5.75 Å². The van der Waals surface area contributed by atoms with Crippen molar-refractivity contribution in [2.75, 3.05) is 0 Å². The van der Waals surface area contributed by atoms with Gasteiger partial charge in [-0.25, -0.2) is 0 Å². The highest BCUT2D eigenvalue weighted by atomic mass is 19.3. The Morgan fingerprint density at radius 2 is 1.74 bits per heavy atom. The van der Waals surface area contributed by atoms with Crippen molar-refractivity contribution in [3.8, 4) is 11.4 Å². The number of rotatable bonds is 6. The fraction of sp³-hybridized carbons (Fsp3) is 0.211. The van der Waals surface area contributed by atoms with Crippen molar-refractivity contribution in [2.24, 2.45) is 0 Å². The maximum Gasteiger partial charge on any atom is 0.387 e. The van der Waals surface area contributed by atoms with E-state index >= 15 is 0 Å². The first-order valence-electron chi connectivity index (χ1n) is 8.29. The quantitative estimate of drug-likeness (QED) is 0.717. The Morgan fingerprint density at radius 3 is 2.37 bits per heavy atom. The number of carbonyl (C=O) groups is 1. The topological polar surface area (TPSA) is 69.0 Å². The Labute approximate surface area is 154 Å². The van der Waals surface area contributed by atoms with Crippen molar-refractivity contribution in [3.05, 3.63) is 71.5 Å². The summed E-state index contributed by atoms with van der Waals surface area (Å²) < 4.78 is 28.7. The second kappa shape index (κ2) is 7.94. The molecule has 0 aliphatic rings. The van der Waals surface area contributed by atoms with E-state index in [0.29, 0.717) is 5.69 Å². The van der Waals surface area contributed by atoms with E-state index in [4.69, 9.17) is 0 Å². The molecule has 0 aliphatic carbocycles. The zero-order chi connectivity index (χ0) is 19.4. The van der Waals surface area contributed by atoms with Crippen LogP contribution in [-0.4, -0.2) is 27.5 Å². The molecule has 1 amide bonds. The van der Waals surface area contributed by atoms with Crippen LogP contribution in [0, 0.1) is 6.92 Å². The predicted octanol–water partition coefficient (Wildman–Crippen LogP) is 3.67. The van der Waals surface area contributed by atoms with Gasteiger partial charge in [-0.05, 0) is 43.7 Å². The number of aromatic nitrogens is 3. The molecule has 1 heterocycles. The lowest BCUT2D eigenvalue weighted by molar-refractivity contribution is -0.0498. The molecule has 0 spiro atoms. The fourth-order valence-corrected chi connectivity index (χ4v) is 2.55. The van der Waals surface area contributed by atoms with E-state index in [9.17, 15) is 13.6 Å². The Morgan fingerprint density at radius 1 is 1.07 bits per heavy atom. The zero-order valence-corrected chi connectivity index (χ0v) is 14.8. The van der Waals surface area contributed by atoms with Crippen LogP contribution in [0.5, 0.6) is 5.75 Å². The monoisotopic (exact) mass is 372 g/mol. The van der Waals surface area contributed by atoms with Crippen LogP contribution in [0.1, 0.15) is 34.7 Å². The molecule has 8 heteroatoms. The van der Waals surface area contributed by atoms with E-state index in [1.807, 2.05) is 30.3 Å². The summed E-state index contributed by atoms with van der Waals surface area (Å²) >= 11 is 0. The van der Waals surface area contributed by atoms with Crippen molar-refractivity contribution < 1.29 is 18.3 Å². The molecule has 0 aliphatic heterocycles. The number of amides is 1. The number of para-hydroxylation sites is 1. The number of nitrogens with one attached hydrogen (secondary N) is 1. The molecule has 2 aromatic carbocycles. The van der Waals surface area contributed by atoms with Crippen molar-refractivity contribution in [2.45, 2.75) is 26.5 Å². The van der Waals surface area contributed by atoms with Gasteiger partial charge in [0.2, 0.25) is 0 Å². The fourth-order valence-electron chi connectivity index (χ4n) is 2.55. The molecule has 140 valence electrons. The van der Waals surface area contributed by atoms with Gasteiger partial charge in [0.25, 0.3) is 5.91 Å². The Hall–Kier alpha value is -3.29. The van der Waals surface area contributed by atoms with Crippen LogP contribution in [0.4, 0.5) is 8.78 Å². The van der Waals surface area contributed by atoms with Gasteiger partial charge >= 0.3 is 6.61 Å². The Kier molecular flexibility index (Phi) is 5.44. The zero-order valence-electron chi connectivity index (χ0n) is 14.8. The number of ether oxygens (including phenoxy) is 1. The van der Waals surface area contributed by atoms with Gasteiger partial charge in [0.15, 0.2) is 5.69 Å². The van der Waals surface area contributed by atoms with Gasteiger partial charge in [0, 0.05) is 0 Å². The molecule has 1 aromatic heterocycles. The van der Waals surface area contributed by atoms with E-state index in [0.717, 1.165) is 11.3 Å². The van der Waals surface area contributed by atoms with E-state index < -0.39 is 6.61 Å². The summed E-state index contributed by atoms with van der Waals surface area (Å²) in [6.07, 6.45) is 0. The van der Waals surface area contributed by atoms with Crippen LogP contribution < -0.4 is 10.1 Å². The standard InChI is InChI=1S/C19H18F2N4O2/c1-12(14-8-10-16(11-9-14)27-19(20)21)22-18(26)17-13(2)23-25(24-17)15-6-4-3-5-7-15/h3-12,19H,1-2H3,(H,22,26)/t12-/m1/s1. The number of hydrogen-bond donors (Lipinski definition) is 1. The Balaban J connectivity index is 1.70. The van der Waals surface area contributed by atoms with E-state index in [1.165, 1.54) is 16.9 Å². The minimum atomic E-state index is -2.87. The second-order valence-electron chi connectivity index (χ2n) is 5.90. The molecule has 3 aromatic rings. The van der Waals surface area contributed by atoms with Crippen LogP contribution in [0.15, 0.2) is 54.6 Å². The summed E-state index contributed by atoms with van der Waals surface area (Å²) in [6.45, 7) is 0.628. The van der Waals surface area contributed by atoms with E-state index in [1.54, 1.807) is 26.0 Å². The van der Waals surface area contributed by atoms with Gasteiger partial charge < -0.3 is 10.1 Å². The molecule has 0 bridgehead atoms. The summed E-state index contributed by atoms with van der Waals surface area (Å²) in [7, 11) is 0. The first kappa shape index (κ1) is 18.5. The van der Waals surface area contributed by atoms with Crippen molar-refractivity contribution in [3.63, 3.8) is 0 Å². The smallest absolute Gasteiger partial charge is 0.387 e. The average molecular weight is 372 g/mol. The number of carbonyl (C=O) groups excluding carboxylic acids is 1. The minimum absolute atomic E-state index is 0.0638. The van der Waals surface area contributed by atoms with Gasteiger partial charge in [0.05, 0.1) is 17.4 Å². The molecular formula is C19H18F2N4O2. The van der Waals surface area contributed by atoms with Gasteiger partial charge in [-0.1, -0.05) is 30.3 Å². The first-order chi connectivity index (χ1) is 12.9. The largest absolute Gasteiger partial charge is 0.435 e. The average Bonchev–Trinajstić information content (AvgIpc) is 3.04. The molecule has 1 atom stereocenters. The van der Waals surface area contributed by atoms with Crippen LogP contribution >= 0.6 is 0 Å². The molecule has 0 radical (unpaired) electrons. The van der Waals surface area contributed by atoms with E-state index in [2.05, 4.69) is 20.3 Å². The molecular weight excluding hydrogens is 354 g/mol. The molecule has 27 heavy (non-hydrogen) atoms. The Bertz CT molecular complexity index is 911.